The van der Waals surface area contributed by atoms with Crippen LogP contribution in [-0.2, 0) is 22.6 Å². The standard InChI is InChI=1S/C26H31NO5/c1-6-30-24(26(28)29)14-21-11-12-22(13-17(21)4)31-15-23-18(5)32-25(27-23)20-9-7-19(8-10-20)16(2)3/h7-13,16,24H,6,14-15H2,1-5H3,(H,28,29). The topological polar surface area (TPSA) is 81.8 Å². The normalized spacial score (nSPS) is 12.2. The largest absolute Gasteiger partial charge is 0.487 e. The highest BCUT2D eigenvalue weighted by Gasteiger charge is 2.19. The first-order valence-electron chi connectivity index (χ1n) is 10.9. The van der Waals surface area contributed by atoms with Gasteiger partial charge >= 0.3 is 5.97 Å². The minimum absolute atomic E-state index is 0.287. The van der Waals surface area contributed by atoms with Crippen molar-refractivity contribution < 1.29 is 23.8 Å². The second-order valence-corrected chi connectivity index (χ2v) is 8.16. The van der Waals surface area contributed by atoms with Crippen LogP contribution in [-0.4, -0.2) is 28.8 Å². The second kappa shape index (κ2) is 10.5. The quantitative estimate of drug-likeness (QED) is 0.439. The molecule has 0 fully saturated rings. The zero-order valence-electron chi connectivity index (χ0n) is 19.3. The third-order valence-corrected chi connectivity index (χ3v) is 5.46. The number of aliphatic carboxylic acids is 1. The van der Waals surface area contributed by atoms with Crippen molar-refractivity contribution in [1.29, 1.82) is 0 Å². The molecule has 0 aliphatic carbocycles. The Labute approximate surface area is 189 Å². The lowest BCUT2D eigenvalue weighted by molar-refractivity contribution is -0.149. The van der Waals surface area contributed by atoms with Gasteiger partial charge < -0.3 is 19.0 Å². The second-order valence-electron chi connectivity index (χ2n) is 8.16. The maximum absolute atomic E-state index is 11.3. The predicted molar refractivity (Wildman–Crippen MR) is 123 cm³/mol. The molecule has 1 unspecified atom stereocenters. The highest BCUT2D eigenvalue weighted by Crippen LogP contribution is 2.26. The molecule has 6 heteroatoms. The Balaban J connectivity index is 1.66. The number of nitrogens with zero attached hydrogens (tertiary/aromatic N) is 1. The summed E-state index contributed by atoms with van der Waals surface area (Å²) >= 11 is 0. The summed E-state index contributed by atoms with van der Waals surface area (Å²) in [7, 11) is 0. The number of hydrogen-bond acceptors (Lipinski definition) is 5. The van der Waals surface area contributed by atoms with Crippen LogP contribution in [0.4, 0.5) is 0 Å². The van der Waals surface area contributed by atoms with E-state index in [4.69, 9.17) is 13.9 Å². The van der Waals surface area contributed by atoms with Crippen molar-refractivity contribution in [1.82, 2.24) is 4.98 Å². The van der Waals surface area contributed by atoms with Crippen molar-refractivity contribution in [3.05, 3.63) is 70.6 Å². The van der Waals surface area contributed by atoms with Crippen LogP contribution in [0, 0.1) is 13.8 Å². The van der Waals surface area contributed by atoms with Gasteiger partial charge in [0.25, 0.3) is 0 Å². The van der Waals surface area contributed by atoms with E-state index >= 15 is 0 Å². The van der Waals surface area contributed by atoms with Crippen molar-refractivity contribution in [3.63, 3.8) is 0 Å². The Kier molecular flexibility index (Phi) is 7.70. The zero-order chi connectivity index (χ0) is 23.3. The summed E-state index contributed by atoms with van der Waals surface area (Å²) < 4.78 is 17.1. The number of ether oxygens (including phenoxy) is 2. The average molecular weight is 438 g/mol. The van der Waals surface area contributed by atoms with Crippen LogP contribution in [0.1, 0.15) is 54.8 Å². The fourth-order valence-electron chi connectivity index (χ4n) is 3.45. The number of carboxylic acids is 1. The van der Waals surface area contributed by atoms with Gasteiger partial charge in [-0.1, -0.05) is 32.0 Å². The van der Waals surface area contributed by atoms with Crippen molar-refractivity contribution >= 4 is 5.97 Å². The Morgan fingerprint density at radius 1 is 1.12 bits per heavy atom. The lowest BCUT2D eigenvalue weighted by Gasteiger charge is -2.15. The monoisotopic (exact) mass is 437 g/mol. The molecule has 6 nitrogen and oxygen atoms in total. The number of rotatable bonds is 10. The number of aromatic nitrogens is 1. The van der Waals surface area contributed by atoms with Crippen LogP contribution in [0.2, 0.25) is 0 Å². The molecule has 0 radical (unpaired) electrons. The highest BCUT2D eigenvalue weighted by molar-refractivity contribution is 5.72. The molecular weight excluding hydrogens is 406 g/mol. The van der Waals surface area contributed by atoms with Crippen molar-refractivity contribution in [3.8, 4) is 17.2 Å². The van der Waals surface area contributed by atoms with Gasteiger partial charge in [0.1, 0.15) is 23.8 Å². The molecule has 0 bridgehead atoms. The summed E-state index contributed by atoms with van der Waals surface area (Å²) in [5.74, 6) is 1.52. The predicted octanol–water partition coefficient (Wildman–Crippen LogP) is 5.69. The molecule has 32 heavy (non-hydrogen) atoms. The van der Waals surface area contributed by atoms with Gasteiger partial charge in [-0.05, 0) is 67.6 Å². The Morgan fingerprint density at radius 2 is 1.84 bits per heavy atom. The molecule has 0 aliphatic heterocycles. The molecule has 0 amide bonds. The highest BCUT2D eigenvalue weighted by atomic mass is 16.5. The molecule has 3 aromatic rings. The van der Waals surface area contributed by atoms with Crippen molar-refractivity contribution in [2.45, 2.75) is 59.7 Å². The molecule has 3 rings (SSSR count). The van der Waals surface area contributed by atoms with Crippen LogP contribution < -0.4 is 4.74 Å². The van der Waals surface area contributed by atoms with Crippen LogP contribution in [0.3, 0.4) is 0 Å². The summed E-state index contributed by atoms with van der Waals surface area (Å²) in [5, 5.41) is 9.30. The third kappa shape index (κ3) is 5.77. The van der Waals surface area contributed by atoms with E-state index in [1.54, 1.807) is 6.92 Å². The van der Waals surface area contributed by atoms with Crippen LogP contribution in [0.5, 0.6) is 5.75 Å². The SMILES string of the molecule is CCOC(Cc1ccc(OCc2nc(-c3ccc(C(C)C)cc3)oc2C)cc1C)C(=O)O. The van der Waals surface area contributed by atoms with Gasteiger partial charge in [-0.2, -0.15) is 0 Å². The maximum Gasteiger partial charge on any atom is 0.333 e. The lowest BCUT2D eigenvalue weighted by atomic mass is 10.0. The maximum atomic E-state index is 11.3. The van der Waals surface area contributed by atoms with E-state index in [0.717, 1.165) is 28.1 Å². The number of benzene rings is 2. The molecule has 0 aliphatic rings. The molecule has 0 spiro atoms. The lowest BCUT2D eigenvalue weighted by Crippen LogP contribution is -2.26. The molecule has 1 atom stereocenters. The Hall–Kier alpha value is -3.12. The smallest absolute Gasteiger partial charge is 0.333 e. The summed E-state index contributed by atoms with van der Waals surface area (Å²) in [6.07, 6.45) is -0.535. The van der Waals surface area contributed by atoms with E-state index < -0.39 is 12.1 Å². The number of hydrogen-bond donors (Lipinski definition) is 1. The summed E-state index contributed by atoms with van der Waals surface area (Å²) in [4.78, 5) is 16.0. The summed E-state index contributed by atoms with van der Waals surface area (Å²) in [5.41, 5.74) is 4.83. The molecular formula is C26H31NO5. The van der Waals surface area contributed by atoms with E-state index in [-0.39, 0.29) is 6.61 Å². The van der Waals surface area contributed by atoms with Crippen LogP contribution >= 0.6 is 0 Å². The summed E-state index contributed by atoms with van der Waals surface area (Å²) in [6, 6.07) is 13.9. The van der Waals surface area contributed by atoms with Gasteiger partial charge in [0.15, 0.2) is 6.10 Å². The van der Waals surface area contributed by atoms with Gasteiger partial charge in [0, 0.05) is 18.6 Å². The first kappa shape index (κ1) is 23.5. The average Bonchev–Trinajstić information content (AvgIpc) is 3.14. The molecule has 0 saturated carbocycles. The number of carboxylic acid groups (broad SMARTS) is 1. The number of carbonyl (C=O) groups is 1. The minimum atomic E-state index is -0.956. The van der Waals surface area contributed by atoms with E-state index in [2.05, 4.69) is 31.0 Å². The van der Waals surface area contributed by atoms with Crippen molar-refractivity contribution in [2.24, 2.45) is 0 Å². The third-order valence-electron chi connectivity index (χ3n) is 5.46. The van der Waals surface area contributed by atoms with E-state index in [1.165, 1.54) is 5.56 Å². The van der Waals surface area contributed by atoms with Crippen molar-refractivity contribution in [2.75, 3.05) is 6.61 Å². The molecule has 1 N–H and O–H groups in total. The molecule has 0 saturated heterocycles. The van der Waals surface area contributed by atoms with E-state index in [1.807, 2.05) is 44.2 Å². The number of aryl methyl sites for hydroxylation is 2. The van der Waals surface area contributed by atoms with Crippen LogP contribution in [0.15, 0.2) is 46.9 Å². The summed E-state index contributed by atoms with van der Waals surface area (Å²) in [6.45, 7) is 10.6. The Bertz CT molecular complexity index is 1050. The van der Waals surface area contributed by atoms with Crippen LogP contribution in [0.25, 0.3) is 11.5 Å². The fraction of sp³-hybridized carbons (Fsp3) is 0.385. The fourth-order valence-corrected chi connectivity index (χ4v) is 3.45. The molecule has 1 aromatic heterocycles. The van der Waals surface area contributed by atoms with Gasteiger partial charge in [0.05, 0.1) is 0 Å². The van der Waals surface area contributed by atoms with Gasteiger partial charge in [-0.15, -0.1) is 0 Å². The minimum Gasteiger partial charge on any atom is -0.487 e. The first-order chi connectivity index (χ1) is 15.3. The first-order valence-corrected chi connectivity index (χ1v) is 10.9. The van der Waals surface area contributed by atoms with Gasteiger partial charge in [0.2, 0.25) is 5.89 Å². The molecule has 170 valence electrons. The zero-order valence-corrected chi connectivity index (χ0v) is 19.3. The molecule has 1 heterocycles. The number of oxazole rings is 1. The van der Waals surface area contributed by atoms with Gasteiger partial charge in [-0.25, -0.2) is 9.78 Å². The van der Waals surface area contributed by atoms with Gasteiger partial charge in [-0.3, -0.25) is 0 Å². The van der Waals surface area contributed by atoms with E-state index in [9.17, 15) is 9.90 Å². The van der Waals surface area contributed by atoms with E-state index in [0.29, 0.717) is 30.6 Å². The Morgan fingerprint density at radius 3 is 2.44 bits per heavy atom. The molecule has 2 aromatic carbocycles.